The van der Waals surface area contributed by atoms with Crippen molar-refractivity contribution in [2.75, 3.05) is 6.61 Å². The molecule has 0 unspecified atom stereocenters. The van der Waals surface area contributed by atoms with Crippen molar-refractivity contribution >= 4 is 22.8 Å². The fourth-order valence-corrected chi connectivity index (χ4v) is 2.78. The average molecular weight is 310 g/mol. The number of fused-ring (bicyclic) bond motifs is 1. The van der Waals surface area contributed by atoms with E-state index in [1.807, 2.05) is 38.1 Å². The Kier molecular flexibility index (Phi) is 4.09. The Morgan fingerprint density at radius 2 is 1.96 bits per heavy atom. The molecule has 0 radical (unpaired) electrons. The first-order valence-corrected chi connectivity index (χ1v) is 7.97. The maximum atomic E-state index is 12.2. The molecule has 4 heteroatoms. The van der Waals surface area contributed by atoms with E-state index in [0.29, 0.717) is 12.2 Å². The summed E-state index contributed by atoms with van der Waals surface area (Å²) in [5.41, 5.74) is 6.95. The van der Waals surface area contributed by atoms with Crippen LogP contribution in [-0.2, 0) is 4.79 Å². The highest BCUT2D eigenvalue weighted by Gasteiger charge is 2.35. The number of hydrogen-bond donors (Lipinski definition) is 2. The highest BCUT2D eigenvalue weighted by Crippen LogP contribution is 2.33. The largest absolute Gasteiger partial charge is 0.493 e. The molecule has 2 aromatic rings. The first-order valence-electron chi connectivity index (χ1n) is 7.97. The Labute approximate surface area is 136 Å². The number of hydrogen-bond acceptors (Lipinski definition) is 3. The Bertz CT molecular complexity index is 778. The van der Waals surface area contributed by atoms with E-state index in [1.165, 1.54) is 0 Å². The molecule has 3 rings (SSSR count). The summed E-state index contributed by atoms with van der Waals surface area (Å²) in [6, 6.07) is 12.2. The fraction of sp³-hybridized carbons (Fsp3) is 0.316. The maximum absolute atomic E-state index is 12.2. The monoisotopic (exact) mass is 310 g/mol. The van der Waals surface area contributed by atoms with Gasteiger partial charge in [-0.1, -0.05) is 37.3 Å². The topological polar surface area (TPSA) is 50.4 Å². The quantitative estimate of drug-likeness (QED) is 0.851. The molecule has 0 spiro atoms. The van der Waals surface area contributed by atoms with Crippen molar-refractivity contribution in [3.8, 4) is 5.75 Å². The van der Waals surface area contributed by atoms with Crippen LogP contribution in [0.2, 0.25) is 0 Å². The second-order valence-electron chi connectivity index (χ2n) is 6.31. The van der Waals surface area contributed by atoms with Crippen LogP contribution >= 0.6 is 0 Å². The third-order valence-electron chi connectivity index (χ3n) is 4.09. The molecule has 0 saturated carbocycles. The molecule has 2 aromatic carbocycles. The van der Waals surface area contributed by atoms with Crippen LogP contribution in [0.3, 0.4) is 0 Å². The summed E-state index contributed by atoms with van der Waals surface area (Å²) in [5, 5.41) is 2.22. The van der Waals surface area contributed by atoms with Crippen molar-refractivity contribution < 1.29 is 9.53 Å². The van der Waals surface area contributed by atoms with Gasteiger partial charge < -0.3 is 4.74 Å². The van der Waals surface area contributed by atoms with E-state index in [0.717, 1.165) is 28.5 Å². The molecule has 0 aromatic heterocycles. The molecule has 2 N–H and O–H groups in total. The van der Waals surface area contributed by atoms with Crippen LogP contribution in [-0.4, -0.2) is 18.1 Å². The predicted molar refractivity (Wildman–Crippen MR) is 93.1 cm³/mol. The minimum atomic E-state index is -0.421. The number of amides is 1. The molecular formula is C19H22N2O2. The van der Waals surface area contributed by atoms with Gasteiger partial charge in [-0.15, -0.1) is 0 Å². The molecule has 120 valence electrons. The number of carbonyl (C=O) groups excluding carboxylic acids is 1. The molecule has 23 heavy (non-hydrogen) atoms. The third-order valence-corrected chi connectivity index (χ3v) is 4.09. The Morgan fingerprint density at radius 1 is 1.17 bits per heavy atom. The minimum absolute atomic E-state index is 0.0932. The summed E-state index contributed by atoms with van der Waals surface area (Å²) < 4.78 is 5.91. The molecule has 1 aliphatic heterocycles. The normalized spacial score (nSPS) is 18.4. The van der Waals surface area contributed by atoms with Gasteiger partial charge in [0.25, 0.3) is 5.91 Å². The van der Waals surface area contributed by atoms with Crippen molar-refractivity contribution in [2.24, 2.45) is 0 Å². The smallest absolute Gasteiger partial charge is 0.263 e. The van der Waals surface area contributed by atoms with Gasteiger partial charge in [0.05, 0.1) is 12.1 Å². The highest BCUT2D eigenvalue weighted by molar-refractivity contribution is 6.05. The number of nitrogens with one attached hydrogen (secondary N) is 2. The molecule has 1 heterocycles. The van der Waals surface area contributed by atoms with Crippen LogP contribution in [0.1, 0.15) is 32.8 Å². The summed E-state index contributed by atoms with van der Waals surface area (Å²) in [6.07, 6.45) is 2.89. The van der Waals surface area contributed by atoms with Crippen LogP contribution < -0.4 is 15.6 Å². The zero-order valence-electron chi connectivity index (χ0n) is 13.8. The summed E-state index contributed by atoms with van der Waals surface area (Å²) in [6.45, 7) is 6.70. The minimum Gasteiger partial charge on any atom is -0.493 e. The van der Waals surface area contributed by atoms with E-state index in [-0.39, 0.29) is 5.91 Å². The third kappa shape index (κ3) is 2.94. The van der Waals surface area contributed by atoms with Gasteiger partial charge in [0, 0.05) is 11.1 Å². The van der Waals surface area contributed by atoms with Crippen molar-refractivity contribution in [1.29, 1.82) is 0 Å². The molecule has 0 aliphatic carbocycles. The lowest BCUT2D eigenvalue weighted by atomic mass is 9.92. The fourth-order valence-electron chi connectivity index (χ4n) is 2.78. The van der Waals surface area contributed by atoms with Crippen LogP contribution in [0, 0.1) is 0 Å². The van der Waals surface area contributed by atoms with E-state index in [2.05, 4.69) is 36.0 Å². The van der Waals surface area contributed by atoms with E-state index < -0.39 is 5.54 Å². The molecule has 4 nitrogen and oxygen atoms in total. The maximum Gasteiger partial charge on any atom is 0.263 e. The number of ether oxygens (including phenoxy) is 1. The Balaban J connectivity index is 2.19. The summed E-state index contributed by atoms with van der Waals surface area (Å²) in [5.74, 6) is 0.720. The van der Waals surface area contributed by atoms with Crippen LogP contribution in [0.5, 0.6) is 5.75 Å². The molecule has 1 amide bonds. The molecule has 1 saturated heterocycles. The van der Waals surface area contributed by atoms with E-state index in [1.54, 1.807) is 0 Å². The van der Waals surface area contributed by atoms with Crippen LogP contribution in [0.15, 0.2) is 42.0 Å². The number of hydrazine groups is 1. The van der Waals surface area contributed by atoms with Gasteiger partial charge in [0.15, 0.2) is 0 Å². The SMILES string of the molecule is CCCOc1ccc2ccccc2c1/C=C1\C(=O)NNC1(C)C. The average Bonchev–Trinajstić information content (AvgIpc) is 2.80. The molecule has 0 atom stereocenters. The van der Waals surface area contributed by atoms with Gasteiger partial charge >= 0.3 is 0 Å². The van der Waals surface area contributed by atoms with Crippen molar-refractivity contribution in [1.82, 2.24) is 10.9 Å². The first kappa shape index (κ1) is 15.6. The first-order chi connectivity index (χ1) is 11.0. The standard InChI is InChI=1S/C19H22N2O2/c1-4-11-23-17-10-9-13-7-5-6-8-14(13)15(17)12-16-18(22)20-21-19(16,2)3/h5-10,12,21H,4,11H2,1-3H3,(H,20,22)/b16-12+. The number of benzene rings is 2. The number of carbonyl (C=O) groups is 1. The second-order valence-corrected chi connectivity index (χ2v) is 6.31. The number of rotatable bonds is 4. The van der Waals surface area contributed by atoms with E-state index >= 15 is 0 Å². The van der Waals surface area contributed by atoms with Crippen molar-refractivity contribution in [3.63, 3.8) is 0 Å². The van der Waals surface area contributed by atoms with Gasteiger partial charge in [0.2, 0.25) is 0 Å². The lowest BCUT2D eigenvalue weighted by Gasteiger charge is -2.18. The Hall–Kier alpha value is -2.33. The van der Waals surface area contributed by atoms with E-state index in [4.69, 9.17) is 4.74 Å². The second kappa shape index (κ2) is 6.05. The lowest BCUT2D eigenvalue weighted by molar-refractivity contribution is -0.116. The molecular weight excluding hydrogens is 288 g/mol. The van der Waals surface area contributed by atoms with Crippen LogP contribution in [0.25, 0.3) is 16.8 Å². The molecule has 1 fully saturated rings. The van der Waals surface area contributed by atoms with Crippen LogP contribution in [0.4, 0.5) is 0 Å². The molecule has 1 aliphatic rings. The predicted octanol–water partition coefficient (Wildman–Crippen LogP) is 3.43. The van der Waals surface area contributed by atoms with Gasteiger partial charge in [-0.05, 0) is 43.2 Å². The summed E-state index contributed by atoms with van der Waals surface area (Å²) in [4.78, 5) is 12.2. The zero-order valence-corrected chi connectivity index (χ0v) is 13.8. The van der Waals surface area contributed by atoms with Gasteiger partial charge in [-0.2, -0.15) is 0 Å². The van der Waals surface area contributed by atoms with Gasteiger partial charge in [-0.25, -0.2) is 5.43 Å². The van der Waals surface area contributed by atoms with Gasteiger partial charge in [-0.3, -0.25) is 10.2 Å². The Morgan fingerprint density at radius 3 is 2.65 bits per heavy atom. The lowest BCUT2D eigenvalue weighted by Crippen LogP contribution is -2.38. The van der Waals surface area contributed by atoms with E-state index in [9.17, 15) is 4.79 Å². The zero-order chi connectivity index (χ0) is 16.4. The molecule has 0 bridgehead atoms. The summed E-state index contributed by atoms with van der Waals surface area (Å²) >= 11 is 0. The van der Waals surface area contributed by atoms with Gasteiger partial charge in [0.1, 0.15) is 5.75 Å². The highest BCUT2D eigenvalue weighted by atomic mass is 16.5. The van der Waals surface area contributed by atoms with Crippen molar-refractivity contribution in [3.05, 3.63) is 47.5 Å². The summed E-state index contributed by atoms with van der Waals surface area (Å²) in [7, 11) is 0. The van der Waals surface area contributed by atoms with Crippen molar-refractivity contribution in [2.45, 2.75) is 32.7 Å².